The Kier molecular flexibility index (Phi) is 6.29. The molecule has 0 saturated carbocycles. The Hall–Kier alpha value is -1.48. The van der Waals surface area contributed by atoms with Crippen molar-refractivity contribution < 1.29 is 17.9 Å². The summed E-state index contributed by atoms with van der Waals surface area (Å²) in [5.74, 6) is -0.217. The first-order valence-corrected chi connectivity index (χ1v) is 10.7. The summed E-state index contributed by atoms with van der Waals surface area (Å²) in [5.41, 5.74) is 6.17. The summed E-state index contributed by atoms with van der Waals surface area (Å²) in [7, 11) is -3.54. The quantitative estimate of drug-likeness (QED) is 0.765. The monoisotopic (exact) mass is 381 g/mol. The molecule has 8 heteroatoms. The Balaban J connectivity index is 1.68. The van der Waals surface area contributed by atoms with E-state index in [4.69, 9.17) is 10.5 Å². The molecule has 1 aromatic carbocycles. The van der Waals surface area contributed by atoms with Gasteiger partial charge < -0.3 is 15.8 Å². The molecule has 1 amide bonds. The minimum absolute atomic E-state index is 0.0717. The molecule has 2 atom stereocenters. The maximum absolute atomic E-state index is 13.0. The van der Waals surface area contributed by atoms with Crippen LogP contribution in [-0.4, -0.2) is 50.5 Å². The van der Waals surface area contributed by atoms with Crippen LogP contribution in [-0.2, 0) is 26.1 Å². The van der Waals surface area contributed by atoms with Crippen molar-refractivity contribution in [2.45, 2.75) is 55.8 Å². The van der Waals surface area contributed by atoms with Crippen molar-refractivity contribution in [3.63, 3.8) is 0 Å². The molecule has 144 valence electrons. The highest BCUT2D eigenvalue weighted by Gasteiger charge is 2.31. The first-order valence-electron chi connectivity index (χ1n) is 9.23. The number of nitrogens with two attached hydrogens (primary N) is 1. The molecule has 0 unspecified atom stereocenters. The molecule has 26 heavy (non-hydrogen) atoms. The number of rotatable bonds is 6. The predicted octanol–water partition coefficient (Wildman–Crippen LogP) is 0.984. The van der Waals surface area contributed by atoms with Crippen LogP contribution >= 0.6 is 0 Å². The predicted molar refractivity (Wildman–Crippen MR) is 97.8 cm³/mol. The Morgan fingerprint density at radius 2 is 1.92 bits per heavy atom. The topological polar surface area (TPSA) is 102 Å². The first kappa shape index (κ1) is 19.3. The third kappa shape index (κ3) is 4.25. The second kappa shape index (κ2) is 8.47. The lowest BCUT2D eigenvalue weighted by molar-refractivity contribution is -0.132. The van der Waals surface area contributed by atoms with E-state index in [-0.39, 0.29) is 23.5 Å². The Labute approximate surface area is 154 Å². The van der Waals surface area contributed by atoms with Crippen molar-refractivity contribution in [1.82, 2.24) is 9.62 Å². The number of benzene rings is 1. The Morgan fingerprint density at radius 1 is 1.19 bits per heavy atom. The smallest absolute Gasteiger partial charge is 0.249 e. The standard InChI is InChI=1S/C18H27N3O4S/c19-12-15-8-9-16(25-15)18(22)20-13-14-6-2-3-7-17(14)26(23,24)21-10-4-1-5-11-21/h2-3,6-7,15-16H,1,4-5,8-13,19H2,(H,20,22)/t15-,16+/m1/s1. The van der Waals surface area contributed by atoms with Crippen molar-refractivity contribution >= 4 is 15.9 Å². The van der Waals surface area contributed by atoms with Gasteiger partial charge in [0.2, 0.25) is 15.9 Å². The van der Waals surface area contributed by atoms with Crippen molar-refractivity contribution in [3.8, 4) is 0 Å². The van der Waals surface area contributed by atoms with E-state index in [9.17, 15) is 13.2 Å². The second-order valence-electron chi connectivity index (χ2n) is 6.85. The molecule has 2 aliphatic heterocycles. The SMILES string of the molecule is NC[C@H]1CC[C@@H](C(=O)NCc2ccccc2S(=O)(=O)N2CCCCC2)O1. The average molecular weight is 381 g/mol. The summed E-state index contributed by atoms with van der Waals surface area (Å²) in [5, 5.41) is 2.81. The molecule has 1 aromatic rings. The highest BCUT2D eigenvalue weighted by atomic mass is 32.2. The molecule has 3 rings (SSSR count). The normalized spacial score (nSPS) is 24.5. The van der Waals surface area contributed by atoms with Crippen LogP contribution in [0.25, 0.3) is 0 Å². The maximum atomic E-state index is 13.0. The van der Waals surface area contributed by atoms with Crippen molar-refractivity contribution in [3.05, 3.63) is 29.8 Å². The molecule has 0 aliphatic carbocycles. The number of nitrogens with zero attached hydrogens (tertiary/aromatic N) is 1. The summed E-state index contributed by atoms with van der Waals surface area (Å²) in [6.07, 6.45) is 3.68. The Morgan fingerprint density at radius 3 is 2.62 bits per heavy atom. The fourth-order valence-corrected chi connectivity index (χ4v) is 5.25. The number of amides is 1. The van der Waals surface area contributed by atoms with Gasteiger partial charge in [-0.2, -0.15) is 4.31 Å². The van der Waals surface area contributed by atoms with E-state index in [0.717, 1.165) is 25.7 Å². The maximum Gasteiger partial charge on any atom is 0.249 e. The van der Waals surface area contributed by atoms with Crippen molar-refractivity contribution in [2.24, 2.45) is 5.73 Å². The molecule has 0 aromatic heterocycles. The lowest BCUT2D eigenvalue weighted by Gasteiger charge is -2.27. The molecular formula is C18H27N3O4S. The van der Waals surface area contributed by atoms with Gasteiger partial charge in [-0.05, 0) is 37.3 Å². The van der Waals surface area contributed by atoms with Gasteiger partial charge in [0, 0.05) is 26.2 Å². The van der Waals surface area contributed by atoms with E-state index < -0.39 is 16.1 Å². The van der Waals surface area contributed by atoms with Gasteiger partial charge in [0.05, 0.1) is 11.0 Å². The van der Waals surface area contributed by atoms with Crippen LogP contribution in [0.15, 0.2) is 29.2 Å². The van der Waals surface area contributed by atoms with Gasteiger partial charge in [0.15, 0.2) is 0 Å². The van der Waals surface area contributed by atoms with Crippen LogP contribution in [0, 0.1) is 0 Å². The number of nitrogens with one attached hydrogen (secondary N) is 1. The molecule has 2 fully saturated rings. The van der Waals surface area contributed by atoms with Crippen LogP contribution in [0.4, 0.5) is 0 Å². The number of piperidine rings is 1. The molecule has 3 N–H and O–H groups in total. The van der Waals surface area contributed by atoms with Gasteiger partial charge in [0.1, 0.15) is 6.10 Å². The number of carbonyl (C=O) groups is 1. The second-order valence-corrected chi connectivity index (χ2v) is 8.76. The zero-order valence-electron chi connectivity index (χ0n) is 14.9. The molecule has 7 nitrogen and oxygen atoms in total. The van der Waals surface area contributed by atoms with Crippen LogP contribution in [0.3, 0.4) is 0 Å². The van der Waals surface area contributed by atoms with Crippen LogP contribution in [0.5, 0.6) is 0 Å². The van der Waals surface area contributed by atoms with Crippen molar-refractivity contribution in [1.29, 1.82) is 0 Å². The van der Waals surface area contributed by atoms with Crippen LogP contribution in [0.2, 0.25) is 0 Å². The summed E-state index contributed by atoms with van der Waals surface area (Å²) in [6, 6.07) is 6.86. The summed E-state index contributed by atoms with van der Waals surface area (Å²) >= 11 is 0. The van der Waals surface area contributed by atoms with Crippen LogP contribution < -0.4 is 11.1 Å². The summed E-state index contributed by atoms with van der Waals surface area (Å²) < 4.78 is 33.1. The highest BCUT2D eigenvalue weighted by molar-refractivity contribution is 7.89. The lowest BCUT2D eigenvalue weighted by atomic mass is 10.2. The molecule has 2 saturated heterocycles. The van der Waals surface area contributed by atoms with Gasteiger partial charge in [-0.3, -0.25) is 4.79 Å². The minimum atomic E-state index is -3.54. The minimum Gasteiger partial charge on any atom is -0.364 e. The third-order valence-electron chi connectivity index (χ3n) is 5.02. The van der Waals surface area contributed by atoms with Gasteiger partial charge >= 0.3 is 0 Å². The van der Waals surface area contributed by atoms with Crippen LogP contribution in [0.1, 0.15) is 37.7 Å². The molecule has 0 spiro atoms. The average Bonchev–Trinajstić information content (AvgIpc) is 3.16. The third-order valence-corrected chi connectivity index (χ3v) is 7.02. The Bertz CT molecular complexity index is 732. The van der Waals surface area contributed by atoms with E-state index in [2.05, 4.69) is 5.32 Å². The molecule has 0 bridgehead atoms. The molecule has 2 aliphatic rings. The largest absolute Gasteiger partial charge is 0.364 e. The zero-order valence-corrected chi connectivity index (χ0v) is 15.7. The van der Waals surface area contributed by atoms with Gasteiger partial charge in [0.25, 0.3) is 0 Å². The van der Waals surface area contributed by atoms with E-state index in [0.29, 0.717) is 31.6 Å². The van der Waals surface area contributed by atoms with E-state index in [1.807, 2.05) is 0 Å². The number of hydrogen-bond acceptors (Lipinski definition) is 5. The lowest BCUT2D eigenvalue weighted by Crippen LogP contribution is -2.37. The van der Waals surface area contributed by atoms with Gasteiger partial charge in [-0.15, -0.1) is 0 Å². The number of carbonyl (C=O) groups excluding carboxylic acids is 1. The fourth-order valence-electron chi connectivity index (χ4n) is 3.51. The highest BCUT2D eigenvalue weighted by Crippen LogP contribution is 2.24. The van der Waals surface area contributed by atoms with E-state index in [1.54, 1.807) is 28.6 Å². The molecular weight excluding hydrogens is 354 g/mol. The summed E-state index contributed by atoms with van der Waals surface area (Å²) in [4.78, 5) is 12.6. The van der Waals surface area contributed by atoms with Gasteiger partial charge in [-0.1, -0.05) is 24.6 Å². The van der Waals surface area contributed by atoms with E-state index >= 15 is 0 Å². The summed E-state index contributed by atoms with van der Waals surface area (Å²) in [6.45, 7) is 1.68. The number of hydrogen-bond donors (Lipinski definition) is 2. The fraction of sp³-hybridized carbons (Fsp3) is 0.611. The number of sulfonamides is 1. The number of ether oxygens (including phenoxy) is 1. The van der Waals surface area contributed by atoms with E-state index in [1.165, 1.54) is 0 Å². The first-order chi connectivity index (χ1) is 12.5. The molecule has 0 radical (unpaired) electrons. The van der Waals surface area contributed by atoms with Crippen molar-refractivity contribution in [2.75, 3.05) is 19.6 Å². The zero-order chi connectivity index (χ0) is 18.6. The molecule has 2 heterocycles. The van der Waals surface area contributed by atoms with Gasteiger partial charge in [-0.25, -0.2) is 8.42 Å².